The van der Waals surface area contributed by atoms with Gasteiger partial charge in [0.15, 0.2) is 5.75 Å². The fourth-order valence-electron chi connectivity index (χ4n) is 2.50. The topological polar surface area (TPSA) is 26.3 Å². The maximum atomic E-state index is 12.7. The number of hydrogen-bond acceptors (Lipinski definition) is 2. The van der Waals surface area contributed by atoms with Gasteiger partial charge in [-0.05, 0) is 18.5 Å². The fourth-order valence-corrected chi connectivity index (χ4v) is 5.75. The van der Waals surface area contributed by atoms with E-state index in [1.165, 1.54) is 0 Å². The Morgan fingerprint density at radius 2 is 1.07 bits per heavy atom. The summed E-state index contributed by atoms with van der Waals surface area (Å²) in [7, 11) is -0.980. The number of benzene rings is 3. The van der Waals surface area contributed by atoms with Crippen LogP contribution in [-0.2, 0) is 4.79 Å². The Kier molecular flexibility index (Phi) is 7.50. The Morgan fingerprint density at radius 1 is 0.679 bits per heavy atom. The number of esters is 1. The van der Waals surface area contributed by atoms with Crippen LogP contribution in [0.1, 0.15) is 0 Å². The molecule has 0 bridgehead atoms. The molecule has 0 spiro atoms. The number of ether oxygens (including phenoxy) is 1. The Hall–Kier alpha value is -0.990. The zero-order valence-corrected chi connectivity index (χ0v) is 18.8. The lowest BCUT2D eigenvalue weighted by atomic mass is 10.3. The third-order valence-electron chi connectivity index (χ3n) is 3.81. The number of hydrogen-bond donors (Lipinski definition) is 0. The van der Waals surface area contributed by atoms with Crippen molar-refractivity contribution >= 4 is 82.5 Å². The summed E-state index contributed by atoms with van der Waals surface area (Å²) >= 11 is 30.4. The molecule has 0 amide bonds. The molecule has 0 heterocycles. The van der Waals surface area contributed by atoms with Crippen LogP contribution in [0.3, 0.4) is 0 Å². The van der Waals surface area contributed by atoms with Gasteiger partial charge in [-0.1, -0.05) is 119 Å². The molecule has 0 atom stereocenters. The molecule has 3 rings (SSSR count). The van der Waals surface area contributed by atoms with E-state index >= 15 is 0 Å². The summed E-state index contributed by atoms with van der Waals surface area (Å²) in [4.78, 5) is 12.7. The number of rotatable bonds is 5. The number of carbonyl (C=O) groups excluding carboxylic acids is 1. The summed E-state index contributed by atoms with van der Waals surface area (Å²) in [6, 6.07) is 19.6. The predicted molar refractivity (Wildman–Crippen MR) is 121 cm³/mol. The maximum absolute atomic E-state index is 12.7. The van der Waals surface area contributed by atoms with Gasteiger partial charge < -0.3 is 4.74 Å². The monoisotopic (exact) mass is 490 g/mol. The third-order valence-corrected chi connectivity index (χ3v) is 8.47. The van der Waals surface area contributed by atoms with Crippen LogP contribution < -0.4 is 15.3 Å². The van der Waals surface area contributed by atoms with E-state index in [4.69, 9.17) is 62.7 Å². The normalized spacial score (nSPS) is 10.9. The number of carbonyl (C=O) groups is 1. The van der Waals surface area contributed by atoms with E-state index in [1.807, 2.05) is 60.7 Å². The second-order valence-electron chi connectivity index (χ2n) is 5.63. The van der Waals surface area contributed by atoms with Gasteiger partial charge in [0.2, 0.25) is 0 Å². The van der Waals surface area contributed by atoms with Crippen molar-refractivity contribution in [2.45, 2.75) is 0 Å². The molecule has 0 aliphatic rings. The first-order valence-electron chi connectivity index (χ1n) is 8.00. The second-order valence-corrected chi connectivity index (χ2v) is 9.73. The molecule has 0 aliphatic carbocycles. The molecule has 28 heavy (non-hydrogen) atoms. The van der Waals surface area contributed by atoms with Gasteiger partial charge in [-0.25, -0.2) is 0 Å². The molecule has 0 aliphatic heterocycles. The van der Waals surface area contributed by atoms with Crippen molar-refractivity contribution in [2.24, 2.45) is 0 Å². The molecule has 0 saturated heterocycles. The molecule has 3 aromatic carbocycles. The highest BCUT2D eigenvalue weighted by Gasteiger charge is 2.25. The molecule has 0 fully saturated rings. The average Bonchev–Trinajstić information content (AvgIpc) is 2.73. The number of halogens is 5. The highest BCUT2D eigenvalue weighted by atomic mass is 35.5. The van der Waals surface area contributed by atoms with E-state index in [-0.39, 0.29) is 37.0 Å². The molecule has 144 valence electrons. The van der Waals surface area contributed by atoms with E-state index in [1.54, 1.807) is 0 Å². The average molecular weight is 493 g/mol. The minimum atomic E-state index is -0.980. The van der Waals surface area contributed by atoms with Crippen LogP contribution in [0.5, 0.6) is 5.75 Å². The van der Waals surface area contributed by atoms with Gasteiger partial charge in [0.05, 0.1) is 21.2 Å². The summed E-state index contributed by atoms with van der Waals surface area (Å²) in [6.07, 6.45) is 0.133. The summed E-state index contributed by atoms with van der Waals surface area (Å²) in [6.45, 7) is 0. The first-order chi connectivity index (χ1) is 13.4. The van der Waals surface area contributed by atoms with E-state index in [0.29, 0.717) is 0 Å². The van der Waals surface area contributed by atoms with Crippen molar-refractivity contribution in [2.75, 3.05) is 6.16 Å². The van der Waals surface area contributed by atoms with E-state index in [9.17, 15) is 4.79 Å². The molecule has 0 saturated carbocycles. The van der Waals surface area contributed by atoms with Crippen LogP contribution in [0.15, 0.2) is 60.7 Å². The Morgan fingerprint density at radius 3 is 1.50 bits per heavy atom. The smallest absolute Gasteiger partial charge is 0.316 e. The van der Waals surface area contributed by atoms with Gasteiger partial charge in [-0.3, -0.25) is 4.79 Å². The van der Waals surface area contributed by atoms with Gasteiger partial charge in [-0.15, -0.1) is 0 Å². The van der Waals surface area contributed by atoms with E-state index < -0.39 is 13.9 Å². The lowest BCUT2D eigenvalue weighted by Gasteiger charge is -2.19. The molecule has 0 aromatic heterocycles. The molecule has 2 nitrogen and oxygen atoms in total. The molecule has 3 aromatic rings. The molecule has 0 unspecified atom stereocenters. The van der Waals surface area contributed by atoms with Crippen molar-refractivity contribution in [1.82, 2.24) is 0 Å². The van der Waals surface area contributed by atoms with Crippen LogP contribution >= 0.6 is 65.9 Å². The van der Waals surface area contributed by atoms with Crippen molar-refractivity contribution in [1.29, 1.82) is 0 Å². The lowest BCUT2D eigenvalue weighted by molar-refractivity contribution is -0.131. The maximum Gasteiger partial charge on any atom is 0.316 e. The molecular formula is C20H12Cl5O2P. The van der Waals surface area contributed by atoms with Gasteiger partial charge in [0, 0.05) is 0 Å². The second kappa shape index (κ2) is 9.67. The van der Waals surface area contributed by atoms with Crippen LogP contribution in [0, 0.1) is 0 Å². The predicted octanol–water partition coefficient (Wildman–Crippen LogP) is 6.99. The minimum Gasteiger partial charge on any atom is -0.423 e. The van der Waals surface area contributed by atoms with E-state index in [0.717, 1.165) is 10.6 Å². The van der Waals surface area contributed by atoms with Crippen LogP contribution in [0.2, 0.25) is 25.1 Å². The van der Waals surface area contributed by atoms with Gasteiger partial charge in [0.1, 0.15) is 10.0 Å². The zero-order chi connectivity index (χ0) is 20.3. The zero-order valence-electron chi connectivity index (χ0n) is 14.1. The van der Waals surface area contributed by atoms with Crippen molar-refractivity contribution in [3.63, 3.8) is 0 Å². The summed E-state index contributed by atoms with van der Waals surface area (Å²) in [5, 5.41) is 1.95. The summed E-state index contributed by atoms with van der Waals surface area (Å²) < 4.78 is 5.45. The third kappa shape index (κ3) is 4.76. The largest absolute Gasteiger partial charge is 0.423 e. The van der Waals surface area contributed by atoms with Gasteiger partial charge >= 0.3 is 5.97 Å². The summed E-state index contributed by atoms with van der Waals surface area (Å²) in [5.74, 6) is -0.596. The Bertz CT molecular complexity index is 928. The van der Waals surface area contributed by atoms with Crippen LogP contribution in [-0.4, -0.2) is 12.1 Å². The highest BCUT2D eigenvalue weighted by molar-refractivity contribution is 7.73. The highest BCUT2D eigenvalue weighted by Crippen LogP contribution is 2.48. The minimum absolute atomic E-state index is 0.00829. The molecular weight excluding hydrogens is 480 g/mol. The van der Waals surface area contributed by atoms with Gasteiger partial charge in [0.25, 0.3) is 0 Å². The molecule has 8 heteroatoms. The standard InChI is InChI=1S/C20H12Cl5O2P/c21-15-16(22)18(24)20(19(25)17(15)23)27-14(26)11-28(12-7-3-1-4-8-12)13-9-5-2-6-10-13/h1-10H,11H2. The molecule has 0 N–H and O–H groups in total. The quantitative estimate of drug-likeness (QED) is 0.126. The van der Waals surface area contributed by atoms with Crippen molar-refractivity contribution in [3.8, 4) is 5.75 Å². The molecule has 0 radical (unpaired) electrons. The van der Waals surface area contributed by atoms with Crippen molar-refractivity contribution in [3.05, 3.63) is 85.8 Å². The Labute approximate surface area is 189 Å². The van der Waals surface area contributed by atoms with Crippen LogP contribution in [0.4, 0.5) is 0 Å². The van der Waals surface area contributed by atoms with Crippen molar-refractivity contribution < 1.29 is 9.53 Å². The van der Waals surface area contributed by atoms with Crippen LogP contribution in [0.25, 0.3) is 0 Å². The van der Waals surface area contributed by atoms with E-state index in [2.05, 4.69) is 0 Å². The first kappa shape index (κ1) is 21.7. The summed E-state index contributed by atoms with van der Waals surface area (Å²) in [5.41, 5.74) is 0. The Balaban J connectivity index is 1.90. The SMILES string of the molecule is O=C(CP(c1ccccc1)c1ccccc1)Oc1c(Cl)c(Cl)c(Cl)c(Cl)c1Cl. The first-order valence-corrected chi connectivity index (χ1v) is 11.4. The lowest BCUT2D eigenvalue weighted by Crippen LogP contribution is -2.21. The fraction of sp³-hybridized carbons (Fsp3) is 0.0500. The van der Waals surface area contributed by atoms with Gasteiger partial charge in [-0.2, -0.15) is 0 Å².